The molecule has 1 N–H and O–H groups in total. The first-order valence-electron chi connectivity index (χ1n) is 6.76. The van der Waals surface area contributed by atoms with Crippen molar-refractivity contribution >= 4 is 0 Å². The second-order valence-corrected chi connectivity index (χ2v) is 4.50. The third-order valence-electron chi connectivity index (χ3n) is 3.23. The minimum atomic E-state index is -0.353. The monoisotopic (exact) mass is 290 g/mol. The van der Waals surface area contributed by atoms with Gasteiger partial charge in [-0.1, -0.05) is 13.0 Å². The summed E-state index contributed by atoms with van der Waals surface area (Å²) in [5.41, 5.74) is 1.29. The molecular weight excluding hydrogens is 271 g/mol. The summed E-state index contributed by atoms with van der Waals surface area (Å²) in [5, 5.41) is 3.27. The van der Waals surface area contributed by atoms with Gasteiger partial charge in [-0.15, -0.1) is 0 Å². The third-order valence-corrected chi connectivity index (χ3v) is 3.23. The Hall–Kier alpha value is -2.14. The first kappa shape index (κ1) is 15.3. The summed E-state index contributed by atoms with van der Waals surface area (Å²) in [5.74, 6) is 0.817. The van der Waals surface area contributed by atoms with Gasteiger partial charge >= 0.3 is 0 Å². The average molecular weight is 290 g/mol. The highest BCUT2D eigenvalue weighted by atomic mass is 19.1. The van der Waals surface area contributed by atoms with Crippen molar-refractivity contribution < 1.29 is 13.9 Å². The van der Waals surface area contributed by atoms with Crippen LogP contribution in [0.2, 0.25) is 0 Å². The lowest BCUT2D eigenvalue weighted by atomic mass is 9.98. The van der Waals surface area contributed by atoms with Crippen LogP contribution >= 0.6 is 0 Å². The Kier molecular flexibility index (Phi) is 5.11. The Morgan fingerprint density at radius 1 is 1.24 bits per heavy atom. The Bertz CT molecular complexity index is 605. The topological polar surface area (TPSA) is 43.4 Å². The van der Waals surface area contributed by atoms with Crippen LogP contribution in [0.1, 0.15) is 24.1 Å². The fourth-order valence-corrected chi connectivity index (χ4v) is 2.27. The fourth-order valence-electron chi connectivity index (χ4n) is 2.27. The number of methoxy groups -OCH3 is 2. The summed E-state index contributed by atoms with van der Waals surface area (Å²) < 4.78 is 24.8. The minimum absolute atomic E-state index is 0.317. The molecule has 0 aliphatic heterocycles. The van der Waals surface area contributed by atoms with E-state index in [1.165, 1.54) is 13.2 Å². The van der Waals surface area contributed by atoms with Crippen molar-refractivity contribution in [3.8, 4) is 11.5 Å². The van der Waals surface area contributed by atoms with Crippen LogP contribution in [0.3, 0.4) is 0 Å². The van der Waals surface area contributed by atoms with Gasteiger partial charge in [0.1, 0.15) is 17.3 Å². The van der Waals surface area contributed by atoms with E-state index in [-0.39, 0.29) is 11.9 Å². The number of pyridine rings is 1. The Labute approximate surface area is 123 Å². The van der Waals surface area contributed by atoms with E-state index in [1.54, 1.807) is 31.6 Å². The third kappa shape index (κ3) is 3.31. The lowest BCUT2D eigenvalue weighted by molar-refractivity contribution is 0.396. The van der Waals surface area contributed by atoms with Crippen molar-refractivity contribution in [2.24, 2.45) is 0 Å². The van der Waals surface area contributed by atoms with Gasteiger partial charge in [-0.25, -0.2) is 4.39 Å². The molecule has 0 spiro atoms. The van der Waals surface area contributed by atoms with Gasteiger partial charge in [0.25, 0.3) is 0 Å². The molecule has 1 atom stereocenters. The molecule has 21 heavy (non-hydrogen) atoms. The maximum atomic E-state index is 14.3. The van der Waals surface area contributed by atoms with E-state index in [0.29, 0.717) is 23.6 Å². The van der Waals surface area contributed by atoms with Crippen LogP contribution in [0.5, 0.6) is 11.5 Å². The fraction of sp³-hybridized carbons (Fsp3) is 0.312. The largest absolute Gasteiger partial charge is 0.496 e. The molecule has 0 fully saturated rings. The number of halogens is 1. The van der Waals surface area contributed by atoms with Crippen molar-refractivity contribution in [1.82, 2.24) is 10.3 Å². The van der Waals surface area contributed by atoms with Crippen LogP contribution < -0.4 is 14.8 Å². The Morgan fingerprint density at radius 2 is 2.05 bits per heavy atom. The molecule has 1 heterocycles. The van der Waals surface area contributed by atoms with Crippen LogP contribution in [0, 0.1) is 5.82 Å². The van der Waals surface area contributed by atoms with Crippen molar-refractivity contribution in [2.75, 3.05) is 20.8 Å². The second-order valence-electron chi connectivity index (χ2n) is 4.50. The van der Waals surface area contributed by atoms with E-state index in [4.69, 9.17) is 9.47 Å². The van der Waals surface area contributed by atoms with Gasteiger partial charge in [0, 0.05) is 6.20 Å². The zero-order valence-corrected chi connectivity index (χ0v) is 12.4. The molecular formula is C16H19FN2O2. The molecule has 5 heteroatoms. The average Bonchev–Trinajstić information content (AvgIpc) is 2.53. The second kappa shape index (κ2) is 7.04. The molecule has 0 saturated carbocycles. The van der Waals surface area contributed by atoms with E-state index in [2.05, 4.69) is 10.3 Å². The minimum Gasteiger partial charge on any atom is -0.496 e. The maximum Gasteiger partial charge on any atom is 0.137 e. The predicted octanol–water partition coefficient (Wildman–Crippen LogP) is 2.94. The first-order chi connectivity index (χ1) is 10.2. The number of hydrogen-bond donors (Lipinski definition) is 1. The van der Waals surface area contributed by atoms with Crippen LogP contribution in [-0.2, 0) is 0 Å². The standard InChI is InChI=1S/C16H19FN2O2/c1-4-19-16(11-8-12(20-2)10-18-9-11)15-13(17)6-5-7-14(15)21-3/h5-10,16,19H,4H2,1-3H3. The molecule has 0 radical (unpaired) electrons. The summed E-state index contributed by atoms with van der Waals surface area (Å²) in [4.78, 5) is 4.14. The van der Waals surface area contributed by atoms with Crippen LogP contribution in [0.25, 0.3) is 0 Å². The quantitative estimate of drug-likeness (QED) is 0.888. The molecule has 2 aromatic rings. The lowest BCUT2D eigenvalue weighted by Crippen LogP contribution is -2.23. The summed E-state index contributed by atoms with van der Waals surface area (Å²) in [6.07, 6.45) is 3.31. The van der Waals surface area contributed by atoms with Crippen molar-refractivity contribution in [3.63, 3.8) is 0 Å². The summed E-state index contributed by atoms with van der Waals surface area (Å²) in [7, 11) is 3.11. The highest BCUT2D eigenvalue weighted by molar-refractivity contribution is 5.43. The van der Waals surface area contributed by atoms with Gasteiger partial charge in [0.2, 0.25) is 0 Å². The van der Waals surface area contributed by atoms with Crippen LogP contribution in [0.15, 0.2) is 36.7 Å². The van der Waals surface area contributed by atoms with Gasteiger partial charge in [-0.05, 0) is 30.3 Å². The van der Waals surface area contributed by atoms with E-state index in [0.717, 1.165) is 5.56 Å². The van der Waals surface area contributed by atoms with Crippen molar-refractivity contribution in [1.29, 1.82) is 0 Å². The number of benzene rings is 1. The SMILES string of the molecule is CCNC(c1cncc(OC)c1)c1c(F)cccc1OC. The maximum absolute atomic E-state index is 14.3. The summed E-state index contributed by atoms with van der Waals surface area (Å²) in [6.45, 7) is 2.65. The number of rotatable bonds is 6. The summed E-state index contributed by atoms with van der Waals surface area (Å²) in [6, 6.07) is 6.29. The molecule has 1 aromatic heterocycles. The molecule has 1 aromatic carbocycles. The van der Waals surface area contributed by atoms with Gasteiger partial charge in [-0.3, -0.25) is 4.98 Å². The number of ether oxygens (including phenoxy) is 2. The zero-order valence-electron chi connectivity index (χ0n) is 12.4. The van der Waals surface area contributed by atoms with Gasteiger partial charge in [0.15, 0.2) is 0 Å². The molecule has 0 bridgehead atoms. The molecule has 112 valence electrons. The van der Waals surface area contributed by atoms with Gasteiger partial charge in [-0.2, -0.15) is 0 Å². The lowest BCUT2D eigenvalue weighted by Gasteiger charge is -2.21. The normalized spacial score (nSPS) is 12.0. The molecule has 4 nitrogen and oxygen atoms in total. The van der Waals surface area contributed by atoms with E-state index < -0.39 is 0 Å². The van der Waals surface area contributed by atoms with Crippen molar-refractivity contribution in [2.45, 2.75) is 13.0 Å². The predicted molar refractivity (Wildman–Crippen MR) is 79.3 cm³/mol. The number of nitrogens with one attached hydrogen (secondary N) is 1. The van der Waals surface area contributed by atoms with E-state index in [1.807, 2.05) is 13.0 Å². The molecule has 0 saturated heterocycles. The van der Waals surface area contributed by atoms with Crippen LogP contribution in [-0.4, -0.2) is 25.7 Å². The van der Waals surface area contributed by atoms with Gasteiger partial charge in [0.05, 0.1) is 32.0 Å². The smallest absolute Gasteiger partial charge is 0.137 e. The zero-order chi connectivity index (χ0) is 15.2. The van der Waals surface area contributed by atoms with E-state index in [9.17, 15) is 4.39 Å². The van der Waals surface area contributed by atoms with E-state index >= 15 is 0 Å². The van der Waals surface area contributed by atoms with Gasteiger partial charge < -0.3 is 14.8 Å². The summed E-state index contributed by atoms with van der Waals surface area (Å²) >= 11 is 0. The highest BCUT2D eigenvalue weighted by Gasteiger charge is 2.22. The molecule has 2 rings (SSSR count). The molecule has 1 unspecified atom stereocenters. The highest BCUT2D eigenvalue weighted by Crippen LogP contribution is 2.33. The first-order valence-corrected chi connectivity index (χ1v) is 6.76. The van der Waals surface area contributed by atoms with Crippen LogP contribution in [0.4, 0.5) is 4.39 Å². The number of aromatic nitrogens is 1. The molecule has 0 amide bonds. The number of hydrogen-bond acceptors (Lipinski definition) is 4. The molecule has 0 aliphatic rings. The number of nitrogens with zero attached hydrogens (tertiary/aromatic N) is 1. The Balaban J connectivity index is 2.53. The van der Waals surface area contributed by atoms with Crippen molar-refractivity contribution in [3.05, 3.63) is 53.6 Å². The molecule has 0 aliphatic carbocycles. The Morgan fingerprint density at radius 3 is 2.71 bits per heavy atom.